The molecule has 20 heavy (non-hydrogen) atoms. The fraction of sp³-hybridized carbons (Fsp3) is 0.600. The molecule has 0 unspecified atom stereocenters. The lowest BCUT2D eigenvalue weighted by molar-refractivity contribution is 0.130. The molecule has 112 valence electrons. The standard InChI is InChI=1S/C15H21ClO3S/c1-3-12-4-6-13(7-5-12)19-14-8-9-15(11(2)10-14)20(16,17)18/h8-10,12-13H,3-7H2,1-2H3. The number of hydrogen-bond acceptors (Lipinski definition) is 3. The van der Waals surface area contributed by atoms with Gasteiger partial charge in [0.25, 0.3) is 9.05 Å². The SMILES string of the molecule is CCC1CCC(Oc2ccc(S(=O)(=O)Cl)c(C)c2)CC1. The molecule has 0 aliphatic heterocycles. The number of ether oxygens (including phenoxy) is 1. The summed E-state index contributed by atoms with van der Waals surface area (Å²) >= 11 is 0. The average molecular weight is 317 g/mol. The van der Waals surface area contributed by atoms with Gasteiger partial charge < -0.3 is 4.74 Å². The molecule has 0 spiro atoms. The molecule has 0 amide bonds. The Morgan fingerprint density at radius 2 is 1.90 bits per heavy atom. The summed E-state index contributed by atoms with van der Waals surface area (Å²) in [6.07, 6.45) is 6.08. The lowest BCUT2D eigenvalue weighted by Gasteiger charge is -2.28. The van der Waals surface area contributed by atoms with Crippen LogP contribution in [0.2, 0.25) is 0 Å². The molecule has 0 aromatic heterocycles. The van der Waals surface area contributed by atoms with Crippen molar-refractivity contribution in [3.05, 3.63) is 23.8 Å². The second kappa shape index (κ2) is 6.35. The molecule has 1 fully saturated rings. The minimum atomic E-state index is -3.68. The average Bonchev–Trinajstić information content (AvgIpc) is 2.38. The molecule has 0 radical (unpaired) electrons. The van der Waals surface area contributed by atoms with Crippen LogP contribution in [0, 0.1) is 12.8 Å². The van der Waals surface area contributed by atoms with Crippen molar-refractivity contribution in [1.82, 2.24) is 0 Å². The van der Waals surface area contributed by atoms with Gasteiger partial charge in [-0.05, 0) is 62.3 Å². The van der Waals surface area contributed by atoms with Crippen LogP contribution in [0.3, 0.4) is 0 Å². The molecule has 1 saturated carbocycles. The minimum Gasteiger partial charge on any atom is -0.490 e. The first-order valence-electron chi connectivity index (χ1n) is 7.12. The van der Waals surface area contributed by atoms with Crippen LogP contribution in [0.5, 0.6) is 5.75 Å². The smallest absolute Gasteiger partial charge is 0.261 e. The Kier molecular flexibility index (Phi) is 4.97. The van der Waals surface area contributed by atoms with Crippen LogP contribution in [0.15, 0.2) is 23.1 Å². The van der Waals surface area contributed by atoms with Gasteiger partial charge in [-0.2, -0.15) is 0 Å². The van der Waals surface area contributed by atoms with Gasteiger partial charge in [0.15, 0.2) is 0 Å². The van der Waals surface area contributed by atoms with Gasteiger partial charge in [-0.25, -0.2) is 8.42 Å². The van der Waals surface area contributed by atoms with E-state index in [4.69, 9.17) is 15.4 Å². The van der Waals surface area contributed by atoms with Gasteiger partial charge >= 0.3 is 0 Å². The van der Waals surface area contributed by atoms with Gasteiger partial charge in [0, 0.05) is 10.7 Å². The van der Waals surface area contributed by atoms with Gasteiger partial charge in [-0.1, -0.05) is 13.3 Å². The Morgan fingerprint density at radius 1 is 1.25 bits per heavy atom. The second-order valence-electron chi connectivity index (χ2n) is 5.53. The molecule has 0 bridgehead atoms. The maximum Gasteiger partial charge on any atom is 0.261 e. The molecule has 1 aromatic carbocycles. The van der Waals surface area contributed by atoms with E-state index in [2.05, 4.69) is 6.92 Å². The maximum atomic E-state index is 11.3. The molecule has 3 nitrogen and oxygen atoms in total. The molecule has 1 aliphatic rings. The fourth-order valence-corrected chi connectivity index (χ4v) is 4.01. The fourth-order valence-electron chi connectivity index (χ4n) is 2.82. The number of benzene rings is 1. The zero-order valence-electron chi connectivity index (χ0n) is 11.9. The van der Waals surface area contributed by atoms with Crippen molar-refractivity contribution >= 4 is 19.7 Å². The van der Waals surface area contributed by atoms with E-state index in [1.54, 1.807) is 19.1 Å². The van der Waals surface area contributed by atoms with E-state index < -0.39 is 9.05 Å². The third-order valence-electron chi connectivity index (χ3n) is 4.08. The van der Waals surface area contributed by atoms with E-state index in [1.165, 1.54) is 25.3 Å². The van der Waals surface area contributed by atoms with Crippen molar-refractivity contribution < 1.29 is 13.2 Å². The van der Waals surface area contributed by atoms with Crippen molar-refractivity contribution in [2.75, 3.05) is 0 Å². The summed E-state index contributed by atoms with van der Waals surface area (Å²) in [5.74, 6) is 1.56. The highest BCUT2D eigenvalue weighted by Gasteiger charge is 2.21. The summed E-state index contributed by atoms with van der Waals surface area (Å²) in [5.41, 5.74) is 0.625. The Bertz CT molecular complexity index is 560. The predicted molar refractivity (Wildman–Crippen MR) is 80.9 cm³/mol. The van der Waals surface area contributed by atoms with Crippen LogP contribution >= 0.6 is 10.7 Å². The van der Waals surface area contributed by atoms with Crippen molar-refractivity contribution in [3.63, 3.8) is 0 Å². The summed E-state index contributed by atoms with van der Waals surface area (Å²) in [7, 11) is 1.69. The van der Waals surface area contributed by atoms with Gasteiger partial charge in [0.05, 0.1) is 11.0 Å². The van der Waals surface area contributed by atoms with E-state index in [-0.39, 0.29) is 11.0 Å². The van der Waals surface area contributed by atoms with Gasteiger partial charge in [-0.3, -0.25) is 0 Å². The molecule has 0 saturated heterocycles. The van der Waals surface area contributed by atoms with Crippen molar-refractivity contribution in [3.8, 4) is 5.75 Å². The lowest BCUT2D eigenvalue weighted by Crippen LogP contribution is -2.23. The first-order chi connectivity index (χ1) is 9.40. The Balaban J connectivity index is 2.03. The monoisotopic (exact) mass is 316 g/mol. The van der Waals surface area contributed by atoms with Gasteiger partial charge in [-0.15, -0.1) is 0 Å². The highest BCUT2D eigenvalue weighted by molar-refractivity contribution is 8.13. The van der Waals surface area contributed by atoms with E-state index in [1.807, 2.05) is 0 Å². The van der Waals surface area contributed by atoms with E-state index in [9.17, 15) is 8.42 Å². The number of rotatable bonds is 4. The van der Waals surface area contributed by atoms with Crippen LogP contribution in [-0.4, -0.2) is 14.5 Å². The zero-order valence-corrected chi connectivity index (χ0v) is 13.5. The highest BCUT2D eigenvalue weighted by atomic mass is 35.7. The first kappa shape index (κ1) is 15.6. The number of hydrogen-bond donors (Lipinski definition) is 0. The molecule has 0 N–H and O–H groups in total. The summed E-state index contributed by atoms with van der Waals surface area (Å²) in [6, 6.07) is 4.96. The van der Waals surface area contributed by atoms with Crippen LogP contribution in [0.4, 0.5) is 0 Å². The molecule has 1 aromatic rings. The highest BCUT2D eigenvalue weighted by Crippen LogP contribution is 2.30. The molecule has 2 rings (SSSR count). The Labute approximate surface area is 125 Å². The summed E-state index contributed by atoms with van der Waals surface area (Å²) in [5, 5.41) is 0. The second-order valence-corrected chi connectivity index (χ2v) is 8.07. The van der Waals surface area contributed by atoms with Crippen LogP contribution in [0.25, 0.3) is 0 Å². The summed E-state index contributed by atoms with van der Waals surface area (Å²) < 4.78 is 28.7. The predicted octanol–water partition coefficient (Wildman–Crippen LogP) is 4.27. The zero-order chi connectivity index (χ0) is 14.8. The molecular formula is C15H21ClO3S. The van der Waals surface area contributed by atoms with Crippen molar-refractivity contribution in [2.24, 2.45) is 5.92 Å². The largest absolute Gasteiger partial charge is 0.490 e. The number of aryl methyl sites for hydroxylation is 1. The molecule has 1 aliphatic carbocycles. The van der Waals surface area contributed by atoms with E-state index in [0.29, 0.717) is 5.56 Å². The number of halogens is 1. The first-order valence-corrected chi connectivity index (χ1v) is 9.43. The molecule has 0 atom stereocenters. The van der Waals surface area contributed by atoms with Gasteiger partial charge in [0.1, 0.15) is 5.75 Å². The van der Waals surface area contributed by atoms with Crippen LogP contribution in [-0.2, 0) is 9.05 Å². The molecule has 0 heterocycles. The Hall–Kier alpha value is -0.740. The quantitative estimate of drug-likeness (QED) is 0.779. The minimum absolute atomic E-state index is 0.154. The third kappa shape index (κ3) is 3.89. The van der Waals surface area contributed by atoms with Crippen molar-refractivity contribution in [1.29, 1.82) is 0 Å². The van der Waals surface area contributed by atoms with E-state index >= 15 is 0 Å². The van der Waals surface area contributed by atoms with Crippen LogP contribution in [0.1, 0.15) is 44.6 Å². The van der Waals surface area contributed by atoms with Crippen molar-refractivity contribution in [2.45, 2.75) is 57.0 Å². The maximum absolute atomic E-state index is 11.3. The topological polar surface area (TPSA) is 43.4 Å². The normalized spacial score (nSPS) is 23.6. The third-order valence-corrected chi connectivity index (χ3v) is 5.57. The lowest BCUT2D eigenvalue weighted by atomic mass is 9.86. The molecular weight excluding hydrogens is 296 g/mol. The Morgan fingerprint density at radius 3 is 2.40 bits per heavy atom. The summed E-state index contributed by atoms with van der Waals surface area (Å²) in [6.45, 7) is 3.97. The molecule has 5 heteroatoms. The van der Waals surface area contributed by atoms with Gasteiger partial charge in [0.2, 0.25) is 0 Å². The van der Waals surface area contributed by atoms with Crippen LogP contribution < -0.4 is 4.74 Å². The summed E-state index contributed by atoms with van der Waals surface area (Å²) in [4.78, 5) is 0.154. The van der Waals surface area contributed by atoms with E-state index in [0.717, 1.165) is 24.5 Å².